The van der Waals surface area contributed by atoms with Gasteiger partial charge in [0.25, 0.3) is 5.91 Å². The van der Waals surface area contributed by atoms with Gasteiger partial charge in [-0.3, -0.25) is 4.79 Å². The van der Waals surface area contributed by atoms with Crippen molar-refractivity contribution in [2.45, 2.75) is 24.7 Å². The molecule has 0 aromatic carbocycles. The summed E-state index contributed by atoms with van der Waals surface area (Å²) in [6.45, 7) is 1.59. The van der Waals surface area contributed by atoms with Crippen molar-refractivity contribution in [3.8, 4) is 0 Å². The number of carbonyl (C=O) groups is 1. The van der Waals surface area contributed by atoms with Crippen LogP contribution >= 0.6 is 27.3 Å². The molecule has 2 aromatic rings. The standard InChI is InChI=1S/C16H16BrF3N4O2S/c17-12-13(15(25)23-3-5-26-6-4-23)22-24-11(16(18,19)20)8-9(21-14(12)24)10-2-1-7-27-10/h1-2,7,9,11,21H,3-6,8H2/t9-,11+/m1/s1. The van der Waals surface area contributed by atoms with Crippen LogP contribution in [0.1, 0.15) is 33.9 Å². The maximum Gasteiger partial charge on any atom is 0.410 e. The lowest BCUT2D eigenvalue weighted by atomic mass is 10.0. The van der Waals surface area contributed by atoms with Crippen LogP contribution in [0.4, 0.5) is 19.0 Å². The summed E-state index contributed by atoms with van der Waals surface area (Å²) in [6, 6.07) is 1.31. The van der Waals surface area contributed by atoms with E-state index in [1.165, 1.54) is 11.3 Å². The Morgan fingerprint density at radius 1 is 1.37 bits per heavy atom. The molecule has 2 atom stereocenters. The van der Waals surface area contributed by atoms with Crippen LogP contribution in [0.15, 0.2) is 22.0 Å². The quantitative estimate of drug-likeness (QED) is 0.733. The Hall–Kier alpha value is -1.59. The van der Waals surface area contributed by atoms with Crippen LogP contribution in [0.5, 0.6) is 0 Å². The zero-order chi connectivity index (χ0) is 19.2. The van der Waals surface area contributed by atoms with E-state index < -0.39 is 24.2 Å². The van der Waals surface area contributed by atoms with Crippen LogP contribution in [0.25, 0.3) is 0 Å². The highest BCUT2D eigenvalue weighted by atomic mass is 79.9. The molecular formula is C16H16BrF3N4O2S. The number of morpholine rings is 1. The third-order valence-corrected chi connectivity index (χ3v) is 6.42. The Labute approximate surface area is 165 Å². The van der Waals surface area contributed by atoms with Crippen molar-refractivity contribution in [3.63, 3.8) is 0 Å². The molecule has 4 rings (SSSR count). The molecule has 6 nitrogen and oxygen atoms in total. The van der Waals surface area contributed by atoms with Crippen molar-refractivity contribution in [1.29, 1.82) is 0 Å². The van der Waals surface area contributed by atoms with Crippen LogP contribution in [-0.2, 0) is 4.74 Å². The number of thiophene rings is 1. The summed E-state index contributed by atoms with van der Waals surface area (Å²) < 4.78 is 47.5. The molecular weight excluding hydrogens is 449 g/mol. The molecule has 1 N–H and O–H groups in total. The zero-order valence-electron chi connectivity index (χ0n) is 14.0. The molecule has 1 fully saturated rings. The van der Waals surface area contributed by atoms with E-state index in [1.807, 2.05) is 5.38 Å². The molecule has 0 saturated carbocycles. The average Bonchev–Trinajstić information content (AvgIpc) is 3.29. The lowest BCUT2D eigenvalue weighted by Crippen LogP contribution is -2.41. The number of hydrogen-bond donors (Lipinski definition) is 1. The largest absolute Gasteiger partial charge is 0.410 e. The van der Waals surface area contributed by atoms with Gasteiger partial charge in [-0.15, -0.1) is 11.3 Å². The van der Waals surface area contributed by atoms with Gasteiger partial charge in [0.2, 0.25) is 0 Å². The van der Waals surface area contributed by atoms with Gasteiger partial charge in [0.1, 0.15) is 5.82 Å². The maximum absolute atomic E-state index is 13.7. The van der Waals surface area contributed by atoms with E-state index in [0.717, 1.165) is 9.56 Å². The molecule has 0 bridgehead atoms. The molecule has 11 heteroatoms. The van der Waals surface area contributed by atoms with Gasteiger partial charge in [-0.05, 0) is 27.4 Å². The van der Waals surface area contributed by atoms with Gasteiger partial charge in [-0.1, -0.05) is 6.07 Å². The third kappa shape index (κ3) is 3.47. The second-order valence-electron chi connectivity index (χ2n) is 6.37. The Morgan fingerprint density at radius 3 is 2.74 bits per heavy atom. The van der Waals surface area contributed by atoms with Crippen molar-refractivity contribution >= 4 is 39.0 Å². The van der Waals surface area contributed by atoms with Crippen molar-refractivity contribution in [2.75, 3.05) is 31.6 Å². The molecule has 0 spiro atoms. The van der Waals surface area contributed by atoms with Crippen molar-refractivity contribution in [1.82, 2.24) is 14.7 Å². The highest BCUT2D eigenvalue weighted by Gasteiger charge is 2.48. The normalized spacial score (nSPS) is 23.0. The molecule has 0 unspecified atom stereocenters. The minimum atomic E-state index is -4.48. The first-order valence-corrected chi connectivity index (χ1v) is 10.0. The van der Waals surface area contributed by atoms with Gasteiger partial charge in [-0.2, -0.15) is 18.3 Å². The predicted octanol–water partition coefficient (Wildman–Crippen LogP) is 3.84. The molecule has 2 aromatic heterocycles. The molecule has 0 aliphatic carbocycles. The molecule has 2 aliphatic rings. The molecule has 27 heavy (non-hydrogen) atoms. The summed E-state index contributed by atoms with van der Waals surface area (Å²) in [5.41, 5.74) is -0.0134. The first-order valence-electron chi connectivity index (χ1n) is 8.38. The SMILES string of the molecule is O=C(c1nn2c(c1Br)N[C@@H](c1cccs1)C[C@H]2C(F)(F)F)N1CCOCC1. The smallest absolute Gasteiger partial charge is 0.378 e. The third-order valence-electron chi connectivity index (χ3n) is 4.68. The maximum atomic E-state index is 13.7. The number of rotatable bonds is 2. The molecule has 1 saturated heterocycles. The van der Waals surface area contributed by atoms with Crippen LogP contribution in [-0.4, -0.2) is 53.1 Å². The number of amides is 1. The number of hydrogen-bond acceptors (Lipinski definition) is 5. The number of nitrogens with zero attached hydrogens (tertiary/aromatic N) is 3. The Bertz CT molecular complexity index is 834. The fraction of sp³-hybridized carbons (Fsp3) is 0.500. The first kappa shape index (κ1) is 18.8. The van der Waals surface area contributed by atoms with Gasteiger partial charge >= 0.3 is 6.18 Å². The minimum Gasteiger partial charge on any atom is -0.378 e. The van der Waals surface area contributed by atoms with E-state index in [4.69, 9.17) is 4.74 Å². The summed E-state index contributed by atoms with van der Waals surface area (Å²) in [5, 5.41) is 8.99. The fourth-order valence-electron chi connectivity index (χ4n) is 3.32. The monoisotopic (exact) mass is 464 g/mol. The van der Waals surface area contributed by atoms with E-state index in [1.54, 1.807) is 17.0 Å². The number of halogens is 4. The summed E-state index contributed by atoms with van der Waals surface area (Å²) in [5.74, 6) is -0.221. The van der Waals surface area contributed by atoms with Gasteiger partial charge in [0.15, 0.2) is 11.7 Å². The second-order valence-corrected chi connectivity index (χ2v) is 8.14. The van der Waals surface area contributed by atoms with Crippen LogP contribution in [0.2, 0.25) is 0 Å². The Kier molecular flexibility index (Phi) is 4.93. The molecule has 4 heterocycles. The molecule has 146 valence electrons. The van der Waals surface area contributed by atoms with Crippen LogP contribution < -0.4 is 5.32 Å². The number of fused-ring (bicyclic) bond motifs is 1. The van der Waals surface area contributed by atoms with Crippen molar-refractivity contribution < 1.29 is 22.7 Å². The molecule has 1 amide bonds. The lowest BCUT2D eigenvalue weighted by molar-refractivity contribution is -0.173. The number of carbonyl (C=O) groups excluding carboxylic acids is 1. The fourth-order valence-corrected chi connectivity index (χ4v) is 4.65. The predicted molar refractivity (Wildman–Crippen MR) is 97.0 cm³/mol. The highest BCUT2D eigenvalue weighted by Crippen LogP contribution is 2.47. The van der Waals surface area contributed by atoms with Gasteiger partial charge in [-0.25, -0.2) is 4.68 Å². The van der Waals surface area contributed by atoms with E-state index in [-0.39, 0.29) is 22.4 Å². The van der Waals surface area contributed by atoms with Crippen LogP contribution in [0, 0.1) is 0 Å². The first-order chi connectivity index (χ1) is 12.9. The summed E-state index contributed by atoms with van der Waals surface area (Å²) in [6.07, 6.45) is -4.66. The molecule has 0 radical (unpaired) electrons. The van der Waals surface area contributed by atoms with E-state index in [2.05, 4.69) is 26.3 Å². The van der Waals surface area contributed by atoms with E-state index in [9.17, 15) is 18.0 Å². The van der Waals surface area contributed by atoms with Gasteiger partial charge < -0.3 is 15.0 Å². The summed E-state index contributed by atoms with van der Waals surface area (Å²) in [4.78, 5) is 15.1. The second kappa shape index (κ2) is 7.10. The highest BCUT2D eigenvalue weighted by molar-refractivity contribution is 9.10. The number of nitrogens with one attached hydrogen (secondary N) is 1. The minimum absolute atomic E-state index is 0.0134. The average molecular weight is 465 g/mol. The van der Waals surface area contributed by atoms with Crippen LogP contribution in [0.3, 0.4) is 0 Å². The van der Waals surface area contributed by atoms with Gasteiger partial charge in [0.05, 0.1) is 23.7 Å². The summed E-state index contributed by atoms with van der Waals surface area (Å²) >= 11 is 4.70. The number of anilines is 1. The number of alkyl halides is 3. The topological polar surface area (TPSA) is 59.4 Å². The van der Waals surface area contributed by atoms with Crippen molar-refractivity contribution in [3.05, 3.63) is 32.6 Å². The van der Waals surface area contributed by atoms with Gasteiger partial charge in [0, 0.05) is 24.4 Å². The Balaban J connectivity index is 1.72. The number of aromatic nitrogens is 2. The molecule has 2 aliphatic heterocycles. The lowest BCUT2D eigenvalue weighted by Gasteiger charge is -2.33. The Morgan fingerprint density at radius 2 is 2.11 bits per heavy atom. The number of ether oxygens (including phenoxy) is 1. The zero-order valence-corrected chi connectivity index (χ0v) is 16.4. The van der Waals surface area contributed by atoms with Crippen molar-refractivity contribution in [2.24, 2.45) is 0 Å². The summed E-state index contributed by atoms with van der Waals surface area (Å²) in [7, 11) is 0. The van der Waals surface area contributed by atoms with E-state index >= 15 is 0 Å². The van der Waals surface area contributed by atoms with E-state index in [0.29, 0.717) is 26.3 Å².